The zero-order valence-corrected chi connectivity index (χ0v) is 13.0. The summed E-state index contributed by atoms with van der Waals surface area (Å²) in [5, 5.41) is 9.11. The van der Waals surface area contributed by atoms with Gasteiger partial charge in [-0.2, -0.15) is 5.26 Å². The summed E-state index contributed by atoms with van der Waals surface area (Å²) in [6.07, 6.45) is 5.34. The van der Waals surface area contributed by atoms with Crippen LogP contribution in [0.5, 0.6) is 0 Å². The van der Waals surface area contributed by atoms with Gasteiger partial charge in [-0.25, -0.2) is 0 Å². The Bertz CT molecular complexity index is 448. The van der Waals surface area contributed by atoms with E-state index in [1.165, 1.54) is 11.8 Å². The molecular formula is C13H18N2OS2. The largest absolute Gasteiger partial charge is 0.383 e. The minimum absolute atomic E-state index is 0.0609. The fourth-order valence-corrected chi connectivity index (χ4v) is 4.43. The minimum atomic E-state index is -0.582. The third-order valence-electron chi connectivity index (χ3n) is 3.17. The molecule has 1 heterocycles. The van der Waals surface area contributed by atoms with E-state index >= 15 is 0 Å². The average molecular weight is 282 g/mol. The van der Waals surface area contributed by atoms with Crippen LogP contribution in [0.4, 0.5) is 0 Å². The topological polar surface area (TPSA) is 44.1 Å². The molecule has 1 rings (SSSR count). The molecule has 0 aliphatic carbocycles. The highest BCUT2D eigenvalue weighted by molar-refractivity contribution is 8.19. The molecule has 5 heteroatoms. The molecule has 0 saturated carbocycles. The Morgan fingerprint density at radius 1 is 1.61 bits per heavy atom. The van der Waals surface area contributed by atoms with Gasteiger partial charge in [0, 0.05) is 20.3 Å². The van der Waals surface area contributed by atoms with Gasteiger partial charge in [0.15, 0.2) is 5.78 Å². The van der Waals surface area contributed by atoms with Gasteiger partial charge in [0.05, 0.1) is 14.9 Å². The Kier molecular flexibility index (Phi) is 4.94. The number of carbonyl (C=O) groups excluding carboxylic acids is 1. The fraction of sp³-hybridized carbons (Fsp3) is 0.538. The van der Waals surface area contributed by atoms with E-state index in [-0.39, 0.29) is 10.4 Å². The number of rotatable bonds is 4. The summed E-state index contributed by atoms with van der Waals surface area (Å²) in [4.78, 5) is 14.9. The lowest BCUT2D eigenvalue weighted by molar-refractivity contribution is -0.120. The van der Waals surface area contributed by atoms with Gasteiger partial charge in [-0.15, -0.1) is 11.8 Å². The van der Waals surface area contributed by atoms with Gasteiger partial charge in [0.2, 0.25) is 0 Å². The Morgan fingerprint density at radius 3 is 2.67 bits per heavy atom. The summed E-state index contributed by atoms with van der Waals surface area (Å²) in [5.74, 6) is 0.0609. The highest BCUT2D eigenvalue weighted by atomic mass is 32.2. The minimum Gasteiger partial charge on any atom is -0.383 e. The first-order valence-electron chi connectivity index (χ1n) is 5.57. The van der Waals surface area contributed by atoms with Gasteiger partial charge in [-0.05, 0) is 31.8 Å². The van der Waals surface area contributed by atoms with Crippen LogP contribution >= 0.6 is 23.5 Å². The molecule has 0 bridgehead atoms. The molecule has 0 N–H and O–H groups in total. The van der Waals surface area contributed by atoms with Crippen LogP contribution in [0.25, 0.3) is 0 Å². The van der Waals surface area contributed by atoms with Crippen molar-refractivity contribution in [3.05, 3.63) is 22.8 Å². The lowest BCUT2D eigenvalue weighted by atomic mass is 9.80. The second kappa shape index (κ2) is 5.85. The highest BCUT2D eigenvalue weighted by Crippen LogP contribution is 2.54. The van der Waals surface area contributed by atoms with Crippen molar-refractivity contribution in [1.29, 1.82) is 5.26 Å². The number of hydrogen-bond acceptors (Lipinski definition) is 5. The van der Waals surface area contributed by atoms with Gasteiger partial charge >= 0.3 is 0 Å². The number of allylic oxidation sites excluding steroid dienone is 3. The molecule has 0 saturated heterocycles. The van der Waals surface area contributed by atoms with Crippen LogP contribution in [0.2, 0.25) is 0 Å². The quantitative estimate of drug-likeness (QED) is 0.742. The monoisotopic (exact) mass is 282 g/mol. The van der Waals surface area contributed by atoms with Crippen molar-refractivity contribution in [2.45, 2.75) is 18.4 Å². The Hall–Kier alpha value is -0.860. The molecule has 0 aromatic heterocycles. The predicted octanol–water partition coefficient (Wildman–Crippen LogP) is 2.87. The number of ketones is 1. The molecule has 0 spiro atoms. The molecule has 2 unspecified atom stereocenters. The summed E-state index contributed by atoms with van der Waals surface area (Å²) in [5.41, 5.74) is 0.310. The Labute approximate surface area is 117 Å². The van der Waals surface area contributed by atoms with Gasteiger partial charge < -0.3 is 4.90 Å². The molecule has 1 aliphatic heterocycles. The third kappa shape index (κ3) is 2.60. The predicted molar refractivity (Wildman–Crippen MR) is 79.1 cm³/mol. The van der Waals surface area contributed by atoms with Crippen LogP contribution in [0.1, 0.15) is 13.8 Å². The molecule has 0 radical (unpaired) electrons. The van der Waals surface area contributed by atoms with Crippen LogP contribution < -0.4 is 0 Å². The number of hydrogen-bond donors (Lipinski definition) is 0. The molecule has 18 heavy (non-hydrogen) atoms. The number of nitrogens with zero attached hydrogens (tertiary/aromatic N) is 2. The SMILES string of the molecule is CSC1SC(C#N)=C(C)C1(C)C(=O)C=CN(C)C. The van der Waals surface area contributed by atoms with Crippen LogP contribution in [-0.2, 0) is 4.79 Å². The van der Waals surface area contributed by atoms with E-state index in [1.807, 2.05) is 39.1 Å². The summed E-state index contributed by atoms with van der Waals surface area (Å²) < 4.78 is 0.0754. The molecule has 2 atom stereocenters. The molecule has 0 amide bonds. The molecule has 3 nitrogen and oxygen atoms in total. The van der Waals surface area contributed by atoms with Crippen molar-refractivity contribution >= 4 is 29.3 Å². The molecular weight excluding hydrogens is 264 g/mol. The van der Waals surface area contributed by atoms with E-state index in [0.29, 0.717) is 4.91 Å². The summed E-state index contributed by atoms with van der Waals surface area (Å²) in [7, 11) is 3.76. The summed E-state index contributed by atoms with van der Waals surface area (Å²) >= 11 is 3.13. The number of carbonyl (C=O) groups is 1. The van der Waals surface area contributed by atoms with E-state index in [9.17, 15) is 4.79 Å². The first-order valence-corrected chi connectivity index (χ1v) is 7.74. The second-order valence-electron chi connectivity index (χ2n) is 4.60. The van der Waals surface area contributed by atoms with E-state index in [4.69, 9.17) is 5.26 Å². The molecule has 1 aliphatic rings. The molecule has 0 aromatic rings. The maximum atomic E-state index is 12.4. The van der Waals surface area contributed by atoms with E-state index in [0.717, 1.165) is 5.57 Å². The zero-order chi connectivity index (χ0) is 13.9. The van der Waals surface area contributed by atoms with Gasteiger partial charge in [0.25, 0.3) is 0 Å². The maximum Gasteiger partial charge on any atom is 0.169 e. The smallest absolute Gasteiger partial charge is 0.169 e. The Balaban J connectivity index is 3.12. The number of nitriles is 1. The van der Waals surface area contributed by atoms with Crippen LogP contribution in [0, 0.1) is 16.7 Å². The summed E-state index contributed by atoms with van der Waals surface area (Å²) in [6.45, 7) is 3.83. The summed E-state index contributed by atoms with van der Waals surface area (Å²) in [6, 6.07) is 2.20. The Morgan fingerprint density at radius 2 is 2.22 bits per heavy atom. The molecule has 98 valence electrons. The van der Waals surface area contributed by atoms with Gasteiger partial charge in [-0.3, -0.25) is 4.79 Å². The average Bonchev–Trinajstić information content (AvgIpc) is 2.60. The third-order valence-corrected chi connectivity index (χ3v) is 6.25. The lowest BCUT2D eigenvalue weighted by Crippen LogP contribution is -2.33. The van der Waals surface area contributed by atoms with Crippen molar-refractivity contribution in [2.75, 3.05) is 20.4 Å². The van der Waals surface area contributed by atoms with Crippen molar-refractivity contribution in [3.63, 3.8) is 0 Å². The molecule has 0 aromatic carbocycles. The standard InChI is InChI=1S/C13H18N2OS2/c1-9-10(8-14)18-12(17-5)13(9,2)11(16)6-7-15(3)4/h6-7,12H,1-5H3. The normalized spacial score (nSPS) is 27.7. The van der Waals surface area contributed by atoms with Crippen LogP contribution in [0.3, 0.4) is 0 Å². The fourth-order valence-electron chi connectivity index (χ4n) is 1.81. The molecule has 0 fully saturated rings. The lowest BCUT2D eigenvalue weighted by Gasteiger charge is -2.28. The highest BCUT2D eigenvalue weighted by Gasteiger charge is 2.48. The van der Waals surface area contributed by atoms with E-state index < -0.39 is 5.41 Å². The zero-order valence-electron chi connectivity index (χ0n) is 11.4. The van der Waals surface area contributed by atoms with Crippen LogP contribution in [0.15, 0.2) is 22.8 Å². The second-order valence-corrected chi connectivity index (χ2v) is 6.95. The first-order chi connectivity index (χ1) is 8.37. The van der Waals surface area contributed by atoms with Crippen molar-refractivity contribution in [3.8, 4) is 6.07 Å². The van der Waals surface area contributed by atoms with Crippen LogP contribution in [-0.4, -0.2) is 35.6 Å². The van der Waals surface area contributed by atoms with Crippen molar-refractivity contribution in [1.82, 2.24) is 4.90 Å². The first kappa shape index (κ1) is 15.2. The van der Waals surface area contributed by atoms with Gasteiger partial charge in [0.1, 0.15) is 6.07 Å². The van der Waals surface area contributed by atoms with E-state index in [2.05, 4.69) is 6.07 Å². The van der Waals surface area contributed by atoms with Gasteiger partial charge in [-0.1, -0.05) is 11.8 Å². The van der Waals surface area contributed by atoms with E-state index in [1.54, 1.807) is 24.0 Å². The number of thioether (sulfide) groups is 2. The maximum absolute atomic E-state index is 12.4. The van der Waals surface area contributed by atoms with Crippen molar-refractivity contribution in [2.24, 2.45) is 5.41 Å². The van der Waals surface area contributed by atoms with Crippen molar-refractivity contribution < 1.29 is 4.79 Å².